The molecule has 3 aromatic carbocycles. The lowest BCUT2D eigenvalue weighted by Crippen LogP contribution is -2.44. The predicted molar refractivity (Wildman–Crippen MR) is 140 cm³/mol. The number of fused-ring (bicyclic) bond motifs is 1. The van der Waals surface area contributed by atoms with Crippen LogP contribution in [0.3, 0.4) is 0 Å². The number of aromatic nitrogens is 2. The molecule has 1 aliphatic rings. The Labute approximate surface area is 227 Å². The molecule has 5 rings (SSSR count). The van der Waals surface area contributed by atoms with E-state index in [-0.39, 0.29) is 18.1 Å². The highest BCUT2D eigenvalue weighted by Gasteiger charge is 2.50. The molecule has 0 saturated heterocycles. The van der Waals surface area contributed by atoms with E-state index in [0.717, 1.165) is 30.3 Å². The summed E-state index contributed by atoms with van der Waals surface area (Å²) in [6, 6.07) is 16.9. The topological polar surface area (TPSA) is 81.2 Å². The number of benzene rings is 3. The number of terminal acetylenes is 1. The van der Waals surface area contributed by atoms with E-state index in [2.05, 4.69) is 11.0 Å². The van der Waals surface area contributed by atoms with Crippen molar-refractivity contribution in [2.45, 2.75) is 24.9 Å². The van der Waals surface area contributed by atoms with Gasteiger partial charge >= 0.3 is 6.18 Å². The summed E-state index contributed by atoms with van der Waals surface area (Å²) in [6.45, 7) is 1.72. The van der Waals surface area contributed by atoms with Crippen LogP contribution in [0.1, 0.15) is 57.1 Å². The third-order valence-electron chi connectivity index (χ3n) is 7.00. The number of para-hydroxylation sites is 1. The van der Waals surface area contributed by atoms with Crippen molar-refractivity contribution in [3.8, 4) is 18.0 Å². The molecule has 0 radical (unpaired) electrons. The van der Waals surface area contributed by atoms with E-state index < -0.39 is 52.3 Å². The molecule has 2 N–H and O–H groups in total. The molecule has 10 heteroatoms. The van der Waals surface area contributed by atoms with Crippen molar-refractivity contribution in [2.24, 2.45) is 5.73 Å². The number of alkyl halides is 3. The highest BCUT2D eigenvalue weighted by atomic mass is 19.4. The highest BCUT2D eigenvalue weighted by molar-refractivity contribution is 6.05. The minimum atomic E-state index is -4.92. The summed E-state index contributed by atoms with van der Waals surface area (Å²) in [5.74, 6) is -2.37. The first-order valence-electron chi connectivity index (χ1n) is 12.3. The lowest BCUT2D eigenvalue weighted by Gasteiger charge is -2.39. The van der Waals surface area contributed by atoms with Gasteiger partial charge in [0.05, 0.1) is 17.2 Å². The monoisotopic (exact) mass is 546 g/mol. The summed E-state index contributed by atoms with van der Waals surface area (Å²) in [5.41, 5.74) is 4.64. The van der Waals surface area contributed by atoms with Gasteiger partial charge in [-0.15, -0.1) is 6.42 Å². The van der Waals surface area contributed by atoms with Gasteiger partial charge in [0.1, 0.15) is 17.3 Å². The largest absolute Gasteiger partial charge is 0.416 e. The smallest absolute Gasteiger partial charge is 0.366 e. The molecule has 6 nitrogen and oxygen atoms in total. The van der Waals surface area contributed by atoms with Crippen molar-refractivity contribution in [3.05, 3.63) is 112 Å². The van der Waals surface area contributed by atoms with Crippen LogP contribution in [0.2, 0.25) is 0 Å². The summed E-state index contributed by atoms with van der Waals surface area (Å²) in [6.07, 6.45) is 0.948. The van der Waals surface area contributed by atoms with Gasteiger partial charge in [-0.3, -0.25) is 14.5 Å². The molecular weight excluding hydrogens is 524 g/mol. The fourth-order valence-electron chi connectivity index (χ4n) is 5.39. The van der Waals surface area contributed by atoms with Gasteiger partial charge in [0.15, 0.2) is 0 Å². The standard InChI is InChI=1S/C30H22F4N4O2/c1-3-22-25-23(17-13-15-18(31)16-14-17)26(24-20(27(35)39)11-8-12-21(24)30(32,33)34)29(40)37(4-2)28(25)38(36-22)19-9-6-5-7-10-19/h1,5-16,23,26H,4H2,2H3,(H2,35,39)/t23-,26+/m0/s1. The molecule has 0 aliphatic carbocycles. The van der Waals surface area contributed by atoms with Gasteiger partial charge in [-0.1, -0.05) is 36.4 Å². The molecule has 0 fully saturated rings. The van der Waals surface area contributed by atoms with Gasteiger partial charge in [0.2, 0.25) is 11.8 Å². The van der Waals surface area contributed by atoms with Crippen molar-refractivity contribution >= 4 is 17.6 Å². The normalized spacial score (nSPS) is 16.9. The van der Waals surface area contributed by atoms with Crippen molar-refractivity contribution in [1.29, 1.82) is 0 Å². The van der Waals surface area contributed by atoms with E-state index >= 15 is 0 Å². The molecule has 2 heterocycles. The zero-order valence-electron chi connectivity index (χ0n) is 21.1. The Morgan fingerprint density at radius 3 is 2.25 bits per heavy atom. The van der Waals surface area contributed by atoms with Crippen LogP contribution >= 0.6 is 0 Å². The van der Waals surface area contributed by atoms with Crippen LogP contribution in [0.5, 0.6) is 0 Å². The van der Waals surface area contributed by atoms with E-state index in [1.54, 1.807) is 37.3 Å². The van der Waals surface area contributed by atoms with Gasteiger partial charge in [-0.05, 0) is 60.4 Å². The fraction of sp³-hybridized carbons (Fsp3) is 0.167. The molecule has 202 valence electrons. The van der Waals surface area contributed by atoms with Crippen LogP contribution < -0.4 is 10.6 Å². The lowest BCUT2D eigenvalue weighted by atomic mass is 9.71. The zero-order valence-corrected chi connectivity index (χ0v) is 21.1. The van der Waals surface area contributed by atoms with Crippen LogP contribution in [0.4, 0.5) is 23.4 Å². The lowest BCUT2D eigenvalue weighted by molar-refractivity contribution is -0.138. The molecule has 0 bridgehead atoms. The van der Waals surface area contributed by atoms with E-state index in [4.69, 9.17) is 12.2 Å². The van der Waals surface area contributed by atoms with Crippen LogP contribution in [-0.2, 0) is 11.0 Å². The van der Waals surface area contributed by atoms with Gasteiger partial charge in [0, 0.05) is 23.6 Å². The molecule has 0 unspecified atom stereocenters. The first-order chi connectivity index (χ1) is 19.1. The molecule has 40 heavy (non-hydrogen) atoms. The van der Waals surface area contributed by atoms with E-state index in [1.807, 2.05) is 0 Å². The molecule has 1 aliphatic heterocycles. The number of halogens is 4. The van der Waals surface area contributed by atoms with Crippen molar-refractivity contribution in [1.82, 2.24) is 9.78 Å². The van der Waals surface area contributed by atoms with Crippen molar-refractivity contribution in [2.75, 3.05) is 11.4 Å². The van der Waals surface area contributed by atoms with Gasteiger partial charge < -0.3 is 5.73 Å². The van der Waals surface area contributed by atoms with Gasteiger partial charge in [0.25, 0.3) is 0 Å². The Balaban J connectivity index is 1.92. The number of primary amides is 1. The Morgan fingerprint density at radius 2 is 1.68 bits per heavy atom. The molecule has 1 aromatic heterocycles. The number of rotatable bonds is 5. The van der Waals surface area contributed by atoms with Crippen LogP contribution in [0, 0.1) is 18.2 Å². The molecule has 4 aromatic rings. The van der Waals surface area contributed by atoms with Crippen LogP contribution in [0.25, 0.3) is 5.69 Å². The third kappa shape index (κ3) is 4.29. The Hall–Kier alpha value is -4.91. The molecule has 0 spiro atoms. The number of carbonyl (C=O) groups excluding carboxylic acids is 2. The minimum Gasteiger partial charge on any atom is -0.366 e. The van der Waals surface area contributed by atoms with Gasteiger partial charge in [-0.2, -0.15) is 18.3 Å². The molecular formula is C30H22F4N4O2. The second-order valence-electron chi connectivity index (χ2n) is 9.20. The molecule has 0 saturated carbocycles. The number of anilines is 1. The minimum absolute atomic E-state index is 0.0566. The van der Waals surface area contributed by atoms with E-state index in [9.17, 15) is 27.2 Å². The summed E-state index contributed by atoms with van der Waals surface area (Å²) >= 11 is 0. The number of likely N-dealkylation sites (N-methyl/N-ethyl adjacent to an activating group) is 1. The number of hydrogen-bond acceptors (Lipinski definition) is 3. The number of amides is 2. The van der Waals surface area contributed by atoms with Crippen molar-refractivity contribution < 1.29 is 27.2 Å². The molecule has 2 amide bonds. The second-order valence-corrected chi connectivity index (χ2v) is 9.20. The van der Waals surface area contributed by atoms with Gasteiger partial charge in [-0.25, -0.2) is 9.07 Å². The summed E-state index contributed by atoms with van der Waals surface area (Å²) in [4.78, 5) is 28.1. The van der Waals surface area contributed by atoms with E-state index in [1.165, 1.54) is 21.7 Å². The Kier molecular flexibility index (Phi) is 6.67. The number of carbonyl (C=O) groups is 2. The van der Waals surface area contributed by atoms with E-state index in [0.29, 0.717) is 16.8 Å². The van der Waals surface area contributed by atoms with Crippen LogP contribution in [0.15, 0.2) is 72.8 Å². The fourth-order valence-corrected chi connectivity index (χ4v) is 5.39. The Morgan fingerprint density at radius 1 is 1.00 bits per heavy atom. The maximum Gasteiger partial charge on any atom is 0.416 e. The van der Waals surface area contributed by atoms with Crippen molar-refractivity contribution in [3.63, 3.8) is 0 Å². The quantitative estimate of drug-likeness (QED) is 0.269. The zero-order chi connectivity index (χ0) is 28.8. The van der Waals surface area contributed by atoms with Crippen LogP contribution in [-0.4, -0.2) is 28.1 Å². The number of hydrogen-bond donors (Lipinski definition) is 1. The Bertz CT molecular complexity index is 1650. The number of nitrogens with two attached hydrogens (primary N) is 1. The molecule has 2 atom stereocenters. The first kappa shape index (κ1) is 26.7. The maximum atomic E-state index is 14.4. The predicted octanol–water partition coefficient (Wildman–Crippen LogP) is 5.39. The highest BCUT2D eigenvalue weighted by Crippen LogP contribution is 2.52. The average molecular weight is 547 g/mol. The average Bonchev–Trinajstić information content (AvgIpc) is 3.32. The SMILES string of the molecule is C#Cc1nn(-c2ccccc2)c2c1[C@H](c1ccc(F)cc1)[C@H](c1c(C(N)=O)cccc1C(F)(F)F)C(=O)N2CC. The third-order valence-corrected chi connectivity index (χ3v) is 7.00. The summed E-state index contributed by atoms with van der Waals surface area (Å²) < 4.78 is 58.7. The first-order valence-corrected chi connectivity index (χ1v) is 12.3. The second kappa shape index (κ2) is 10.0. The summed E-state index contributed by atoms with van der Waals surface area (Å²) in [7, 11) is 0. The number of nitrogens with zero attached hydrogens (tertiary/aromatic N) is 3. The summed E-state index contributed by atoms with van der Waals surface area (Å²) in [5, 5.41) is 4.56. The maximum absolute atomic E-state index is 14.4.